The highest BCUT2D eigenvalue weighted by Gasteiger charge is 2.25. The van der Waals surface area contributed by atoms with Gasteiger partial charge in [-0.1, -0.05) is 0 Å². The Morgan fingerprint density at radius 3 is 2.25 bits per heavy atom. The SMILES string of the molecule is COc1cc(Br)c(S(=O)(=O)N[C@@H](C)C(=O)O)cc1OC. The van der Waals surface area contributed by atoms with Gasteiger partial charge in [0.25, 0.3) is 0 Å². The number of nitrogens with one attached hydrogen (secondary N) is 1. The number of rotatable bonds is 6. The van der Waals surface area contributed by atoms with Gasteiger partial charge in [0.2, 0.25) is 10.0 Å². The summed E-state index contributed by atoms with van der Waals surface area (Å²) in [7, 11) is -1.22. The van der Waals surface area contributed by atoms with Gasteiger partial charge in [-0.05, 0) is 28.9 Å². The van der Waals surface area contributed by atoms with Gasteiger partial charge in [0.1, 0.15) is 10.9 Å². The molecule has 0 unspecified atom stereocenters. The number of carbonyl (C=O) groups is 1. The predicted molar refractivity (Wildman–Crippen MR) is 74.7 cm³/mol. The molecule has 9 heteroatoms. The highest BCUT2D eigenvalue weighted by atomic mass is 79.9. The fourth-order valence-corrected chi connectivity index (χ4v) is 3.62. The number of methoxy groups -OCH3 is 2. The van der Waals surface area contributed by atoms with Gasteiger partial charge in [0.05, 0.1) is 14.2 Å². The fraction of sp³-hybridized carbons (Fsp3) is 0.364. The molecule has 1 atom stereocenters. The number of ether oxygens (including phenoxy) is 2. The molecular weight excluding hydrogens is 354 g/mol. The largest absolute Gasteiger partial charge is 0.493 e. The molecular formula is C11H14BrNO6S. The summed E-state index contributed by atoms with van der Waals surface area (Å²) in [4.78, 5) is 10.6. The second kappa shape index (κ2) is 6.42. The second-order valence-corrected chi connectivity index (χ2v) is 6.36. The number of hydrogen-bond donors (Lipinski definition) is 2. The maximum Gasteiger partial charge on any atom is 0.321 e. The third-order valence-corrected chi connectivity index (χ3v) is 4.93. The standard InChI is InChI=1S/C11H14BrNO6S/c1-6(11(14)15)13-20(16,17)10-5-9(19-3)8(18-2)4-7(10)12/h4-6,13H,1-3H3,(H,14,15)/t6-/m0/s1. The van der Waals surface area contributed by atoms with Gasteiger partial charge in [-0.25, -0.2) is 8.42 Å². The Labute approximate surface area is 125 Å². The number of halogens is 1. The van der Waals surface area contributed by atoms with Crippen molar-refractivity contribution in [3.8, 4) is 11.5 Å². The van der Waals surface area contributed by atoms with Crippen LogP contribution in [0.5, 0.6) is 11.5 Å². The minimum Gasteiger partial charge on any atom is -0.493 e. The smallest absolute Gasteiger partial charge is 0.321 e. The maximum absolute atomic E-state index is 12.1. The van der Waals surface area contributed by atoms with E-state index in [1.54, 1.807) is 0 Å². The zero-order chi connectivity index (χ0) is 15.5. The van der Waals surface area contributed by atoms with Crippen molar-refractivity contribution in [3.63, 3.8) is 0 Å². The molecule has 0 heterocycles. The number of benzene rings is 1. The Morgan fingerprint density at radius 1 is 1.30 bits per heavy atom. The average molecular weight is 368 g/mol. The van der Waals surface area contributed by atoms with E-state index in [1.165, 1.54) is 33.3 Å². The first kappa shape index (κ1) is 16.7. The van der Waals surface area contributed by atoms with Crippen LogP contribution in [-0.4, -0.2) is 39.8 Å². The van der Waals surface area contributed by atoms with Crippen LogP contribution in [0.1, 0.15) is 6.92 Å². The minimum absolute atomic E-state index is 0.136. The molecule has 0 amide bonds. The monoisotopic (exact) mass is 367 g/mol. The van der Waals surface area contributed by atoms with Gasteiger partial charge < -0.3 is 14.6 Å². The van der Waals surface area contributed by atoms with Crippen molar-refractivity contribution < 1.29 is 27.8 Å². The Bertz CT molecular complexity index is 616. The van der Waals surface area contributed by atoms with Gasteiger partial charge in [-0.15, -0.1) is 0 Å². The lowest BCUT2D eigenvalue weighted by molar-refractivity contribution is -0.138. The summed E-state index contributed by atoms with van der Waals surface area (Å²) in [6.45, 7) is 1.23. The summed E-state index contributed by atoms with van der Waals surface area (Å²) in [5, 5.41) is 8.76. The number of hydrogen-bond acceptors (Lipinski definition) is 5. The summed E-state index contributed by atoms with van der Waals surface area (Å²) >= 11 is 3.11. The topological polar surface area (TPSA) is 102 Å². The second-order valence-electron chi connectivity index (χ2n) is 3.82. The first-order chi connectivity index (χ1) is 9.22. The first-order valence-electron chi connectivity index (χ1n) is 5.39. The molecule has 1 rings (SSSR count). The van der Waals surface area contributed by atoms with Gasteiger partial charge in [-0.2, -0.15) is 4.72 Å². The van der Waals surface area contributed by atoms with Crippen LogP contribution >= 0.6 is 15.9 Å². The number of carboxylic acids is 1. The predicted octanol–water partition coefficient (Wildman–Crippen LogP) is 1.22. The lowest BCUT2D eigenvalue weighted by Crippen LogP contribution is -2.38. The van der Waals surface area contributed by atoms with E-state index in [4.69, 9.17) is 14.6 Å². The molecule has 0 fully saturated rings. The van der Waals surface area contributed by atoms with E-state index >= 15 is 0 Å². The quantitative estimate of drug-likeness (QED) is 0.783. The summed E-state index contributed by atoms with van der Waals surface area (Å²) < 4.78 is 36.6. The van der Waals surface area contributed by atoms with E-state index in [0.29, 0.717) is 5.75 Å². The van der Waals surface area contributed by atoms with Crippen molar-refractivity contribution in [1.29, 1.82) is 0 Å². The normalized spacial score (nSPS) is 12.8. The molecule has 0 aliphatic heterocycles. The van der Waals surface area contributed by atoms with Crippen molar-refractivity contribution in [3.05, 3.63) is 16.6 Å². The van der Waals surface area contributed by atoms with E-state index in [-0.39, 0.29) is 15.1 Å². The van der Waals surface area contributed by atoms with Crippen LogP contribution in [-0.2, 0) is 14.8 Å². The molecule has 20 heavy (non-hydrogen) atoms. The van der Waals surface area contributed by atoms with Crippen molar-refractivity contribution in [2.45, 2.75) is 17.9 Å². The molecule has 2 N–H and O–H groups in total. The summed E-state index contributed by atoms with van der Waals surface area (Å²) in [5.74, 6) is -0.700. The summed E-state index contributed by atoms with van der Waals surface area (Å²) in [6.07, 6.45) is 0. The van der Waals surface area contributed by atoms with Gasteiger partial charge in [-0.3, -0.25) is 4.79 Å². The molecule has 1 aromatic rings. The molecule has 0 saturated carbocycles. The van der Waals surface area contributed by atoms with E-state index in [0.717, 1.165) is 0 Å². The van der Waals surface area contributed by atoms with E-state index in [9.17, 15) is 13.2 Å². The van der Waals surface area contributed by atoms with E-state index in [1.807, 2.05) is 4.72 Å². The molecule has 1 aromatic carbocycles. The van der Waals surface area contributed by atoms with E-state index < -0.39 is 22.0 Å². The van der Waals surface area contributed by atoms with Crippen LogP contribution in [0.2, 0.25) is 0 Å². The van der Waals surface area contributed by atoms with Crippen LogP contribution < -0.4 is 14.2 Å². The highest BCUT2D eigenvalue weighted by Crippen LogP contribution is 2.35. The molecule has 0 aliphatic rings. The summed E-state index contributed by atoms with van der Waals surface area (Å²) in [5.41, 5.74) is 0. The number of sulfonamides is 1. The molecule has 0 bridgehead atoms. The van der Waals surface area contributed by atoms with Crippen LogP contribution in [0.15, 0.2) is 21.5 Å². The molecule has 0 aromatic heterocycles. The van der Waals surface area contributed by atoms with Gasteiger partial charge in [0.15, 0.2) is 11.5 Å². The molecule has 112 valence electrons. The third-order valence-electron chi connectivity index (χ3n) is 2.43. The molecule has 0 spiro atoms. The van der Waals surface area contributed by atoms with Crippen molar-refractivity contribution >= 4 is 31.9 Å². The van der Waals surface area contributed by atoms with Crippen molar-refractivity contribution in [2.24, 2.45) is 0 Å². The molecule has 0 saturated heterocycles. The first-order valence-corrected chi connectivity index (χ1v) is 7.67. The minimum atomic E-state index is -4.01. The van der Waals surface area contributed by atoms with Crippen LogP contribution in [0.3, 0.4) is 0 Å². The Morgan fingerprint density at radius 2 is 1.80 bits per heavy atom. The summed E-state index contributed by atoms with van der Waals surface area (Å²) in [6, 6.07) is 1.43. The molecule has 0 aliphatic carbocycles. The highest BCUT2D eigenvalue weighted by molar-refractivity contribution is 9.10. The van der Waals surface area contributed by atoms with Gasteiger partial charge in [0, 0.05) is 10.5 Å². The molecule has 7 nitrogen and oxygen atoms in total. The lowest BCUT2D eigenvalue weighted by atomic mass is 10.3. The number of aliphatic carboxylic acids is 1. The Hall–Kier alpha value is -1.32. The molecule has 0 radical (unpaired) electrons. The number of carboxylic acid groups (broad SMARTS) is 1. The van der Waals surface area contributed by atoms with Crippen LogP contribution in [0, 0.1) is 0 Å². The van der Waals surface area contributed by atoms with Crippen LogP contribution in [0.4, 0.5) is 0 Å². The van der Waals surface area contributed by atoms with Crippen LogP contribution in [0.25, 0.3) is 0 Å². The Kier molecular flexibility index (Phi) is 5.37. The van der Waals surface area contributed by atoms with Crippen molar-refractivity contribution in [2.75, 3.05) is 14.2 Å². The fourth-order valence-electron chi connectivity index (χ4n) is 1.39. The van der Waals surface area contributed by atoms with Gasteiger partial charge >= 0.3 is 5.97 Å². The zero-order valence-corrected chi connectivity index (χ0v) is 13.4. The third kappa shape index (κ3) is 3.62. The van der Waals surface area contributed by atoms with Crippen molar-refractivity contribution in [1.82, 2.24) is 4.72 Å². The zero-order valence-electron chi connectivity index (χ0n) is 11.0. The lowest BCUT2D eigenvalue weighted by Gasteiger charge is -2.14. The Balaban J connectivity index is 3.28. The average Bonchev–Trinajstić information content (AvgIpc) is 2.37. The van der Waals surface area contributed by atoms with E-state index in [2.05, 4.69) is 15.9 Å². The maximum atomic E-state index is 12.1.